The van der Waals surface area contributed by atoms with Gasteiger partial charge in [0, 0.05) is 13.7 Å². The maximum atomic E-state index is 11.6. The molecule has 2 amide bonds. The molecule has 5 heteroatoms. The largest absolute Gasteiger partial charge is 0.494 e. The Hall–Kier alpha value is -1.75. The Bertz CT molecular complexity index is 379. The molecule has 0 fully saturated rings. The van der Waals surface area contributed by atoms with Gasteiger partial charge in [0.2, 0.25) is 0 Å². The van der Waals surface area contributed by atoms with E-state index in [4.69, 9.17) is 9.47 Å². The molecular weight excluding hydrogens is 244 g/mol. The maximum Gasteiger partial charge on any atom is 0.315 e. The number of rotatable bonds is 7. The van der Waals surface area contributed by atoms with Crippen molar-refractivity contribution in [1.29, 1.82) is 0 Å². The summed E-state index contributed by atoms with van der Waals surface area (Å²) in [6.07, 6.45) is 0. The van der Waals surface area contributed by atoms with Crippen molar-refractivity contribution in [3.05, 3.63) is 29.8 Å². The molecule has 0 aromatic heterocycles. The fraction of sp³-hybridized carbons (Fsp3) is 0.500. The first-order chi connectivity index (χ1) is 9.17. The first-order valence-electron chi connectivity index (χ1n) is 6.43. The molecule has 0 aliphatic heterocycles. The Kier molecular flexibility index (Phi) is 6.74. The zero-order chi connectivity index (χ0) is 14.1. The zero-order valence-corrected chi connectivity index (χ0v) is 11.7. The summed E-state index contributed by atoms with van der Waals surface area (Å²) in [5, 5.41) is 5.58. The van der Waals surface area contributed by atoms with Gasteiger partial charge in [0.15, 0.2) is 0 Å². The summed E-state index contributed by atoms with van der Waals surface area (Å²) in [6.45, 7) is 5.53. The quantitative estimate of drug-likeness (QED) is 0.743. The lowest BCUT2D eigenvalue weighted by atomic mass is 10.1. The van der Waals surface area contributed by atoms with Crippen molar-refractivity contribution in [2.24, 2.45) is 0 Å². The summed E-state index contributed by atoms with van der Waals surface area (Å²) < 4.78 is 10.2. The number of benzene rings is 1. The van der Waals surface area contributed by atoms with Crippen LogP contribution < -0.4 is 15.4 Å². The van der Waals surface area contributed by atoms with Crippen LogP contribution in [0.3, 0.4) is 0 Å². The van der Waals surface area contributed by atoms with Crippen molar-refractivity contribution >= 4 is 6.03 Å². The van der Waals surface area contributed by atoms with Crippen molar-refractivity contribution in [3.63, 3.8) is 0 Å². The van der Waals surface area contributed by atoms with Crippen LogP contribution in [0.15, 0.2) is 24.3 Å². The molecular formula is C14H22N2O3. The summed E-state index contributed by atoms with van der Waals surface area (Å²) in [5.74, 6) is 0.836. The second-order valence-corrected chi connectivity index (χ2v) is 4.12. The van der Waals surface area contributed by atoms with Crippen LogP contribution in [0.4, 0.5) is 4.79 Å². The maximum absolute atomic E-state index is 11.6. The second-order valence-electron chi connectivity index (χ2n) is 4.12. The molecule has 1 atom stereocenters. The van der Waals surface area contributed by atoms with Crippen LogP contribution in [0.25, 0.3) is 0 Å². The standard InChI is InChI=1S/C14H22N2O3/c1-4-19-13-7-5-12(6-8-13)11(2)16-14(17)15-9-10-18-3/h5-8,11H,4,9-10H2,1-3H3,(H2,15,16,17). The molecule has 1 aromatic rings. The highest BCUT2D eigenvalue weighted by molar-refractivity contribution is 5.74. The zero-order valence-electron chi connectivity index (χ0n) is 11.7. The Labute approximate surface area is 114 Å². The molecule has 106 valence electrons. The normalized spacial score (nSPS) is 11.7. The molecule has 0 heterocycles. The average Bonchev–Trinajstić information content (AvgIpc) is 2.40. The molecule has 0 spiro atoms. The van der Waals surface area contributed by atoms with E-state index in [2.05, 4.69) is 10.6 Å². The van der Waals surface area contributed by atoms with Gasteiger partial charge in [0.1, 0.15) is 5.75 Å². The molecule has 0 radical (unpaired) electrons. The lowest BCUT2D eigenvalue weighted by molar-refractivity contribution is 0.195. The van der Waals surface area contributed by atoms with Crippen LogP contribution in [0.2, 0.25) is 0 Å². The highest BCUT2D eigenvalue weighted by Crippen LogP contribution is 2.17. The summed E-state index contributed by atoms with van der Waals surface area (Å²) in [6, 6.07) is 7.45. The summed E-state index contributed by atoms with van der Waals surface area (Å²) in [7, 11) is 1.60. The number of nitrogens with one attached hydrogen (secondary N) is 2. The Balaban J connectivity index is 2.43. The number of amides is 2. The monoisotopic (exact) mass is 266 g/mol. The van der Waals surface area contributed by atoms with Crippen molar-refractivity contribution in [3.8, 4) is 5.75 Å². The van der Waals surface area contributed by atoms with Crippen molar-refractivity contribution in [2.75, 3.05) is 26.9 Å². The van der Waals surface area contributed by atoms with E-state index in [9.17, 15) is 4.79 Å². The molecule has 0 aliphatic carbocycles. The fourth-order valence-electron chi connectivity index (χ4n) is 1.62. The number of carbonyl (C=O) groups is 1. The van der Waals surface area contributed by atoms with Gasteiger partial charge in [-0.2, -0.15) is 0 Å². The minimum Gasteiger partial charge on any atom is -0.494 e. The lowest BCUT2D eigenvalue weighted by Crippen LogP contribution is -2.38. The van der Waals surface area contributed by atoms with Crippen LogP contribution in [-0.2, 0) is 4.74 Å². The van der Waals surface area contributed by atoms with Gasteiger partial charge < -0.3 is 20.1 Å². The van der Waals surface area contributed by atoms with E-state index in [0.29, 0.717) is 19.8 Å². The minimum atomic E-state index is -0.196. The Morgan fingerprint density at radius 3 is 2.58 bits per heavy atom. The molecule has 1 aromatic carbocycles. The number of hydrogen-bond donors (Lipinski definition) is 2. The van der Waals surface area contributed by atoms with E-state index in [1.807, 2.05) is 38.1 Å². The van der Waals surface area contributed by atoms with Crippen LogP contribution in [0, 0.1) is 0 Å². The van der Waals surface area contributed by atoms with E-state index in [-0.39, 0.29) is 12.1 Å². The van der Waals surface area contributed by atoms with E-state index >= 15 is 0 Å². The SMILES string of the molecule is CCOc1ccc(C(C)NC(=O)NCCOC)cc1. The predicted octanol–water partition coefficient (Wildman–Crippen LogP) is 2.09. The van der Waals surface area contributed by atoms with Crippen LogP contribution >= 0.6 is 0 Å². The van der Waals surface area contributed by atoms with E-state index in [1.54, 1.807) is 7.11 Å². The number of ether oxygens (including phenoxy) is 2. The van der Waals surface area contributed by atoms with E-state index < -0.39 is 0 Å². The molecule has 0 saturated heterocycles. The third kappa shape index (κ3) is 5.61. The van der Waals surface area contributed by atoms with E-state index in [0.717, 1.165) is 11.3 Å². The van der Waals surface area contributed by atoms with Gasteiger partial charge in [-0.1, -0.05) is 12.1 Å². The summed E-state index contributed by atoms with van der Waals surface area (Å²) in [4.78, 5) is 11.6. The third-order valence-electron chi connectivity index (χ3n) is 2.63. The smallest absolute Gasteiger partial charge is 0.315 e. The number of hydrogen-bond acceptors (Lipinski definition) is 3. The first kappa shape index (κ1) is 15.3. The number of carbonyl (C=O) groups excluding carboxylic acids is 1. The minimum absolute atomic E-state index is 0.0572. The molecule has 2 N–H and O–H groups in total. The fourth-order valence-corrected chi connectivity index (χ4v) is 1.62. The number of methoxy groups -OCH3 is 1. The Morgan fingerprint density at radius 2 is 2.00 bits per heavy atom. The van der Waals surface area contributed by atoms with Crippen molar-refractivity contribution in [1.82, 2.24) is 10.6 Å². The van der Waals surface area contributed by atoms with Crippen LogP contribution in [-0.4, -0.2) is 32.9 Å². The first-order valence-corrected chi connectivity index (χ1v) is 6.43. The topological polar surface area (TPSA) is 59.6 Å². The van der Waals surface area contributed by atoms with Gasteiger partial charge in [0.05, 0.1) is 19.3 Å². The summed E-state index contributed by atoms with van der Waals surface area (Å²) >= 11 is 0. The third-order valence-corrected chi connectivity index (χ3v) is 2.63. The highest BCUT2D eigenvalue weighted by atomic mass is 16.5. The Morgan fingerprint density at radius 1 is 1.32 bits per heavy atom. The van der Waals surface area contributed by atoms with Gasteiger partial charge in [-0.25, -0.2) is 4.79 Å². The molecule has 0 bridgehead atoms. The van der Waals surface area contributed by atoms with Crippen LogP contribution in [0.5, 0.6) is 5.75 Å². The molecule has 19 heavy (non-hydrogen) atoms. The van der Waals surface area contributed by atoms with E-state index in [1.165, 1.54) is 0 Å². The van der Waals surface area contributed by atoms with Gasteiger partial charge in [0.25, 0.3) is 0 Å². The van der Waals surface area contributed by atoms with Gasteiger partial charge >= 0.3 is 6.03 Å². The predicted molar refractivity (Wildman–Crippen MR) is 74.4 cm³/mol. The van der Waals surface area contributed by atoms with Crippen LogP contribution in [0.1, 0.15) is 25.5 Å². The van der Waals surface area contributed by atoms with Crippen molar-refractivity contribution in [2.45, 2.75) is 19.9 Å². The van der Waals surface area contributed by atoms with Gasteiger partial charge in [-0.3, -0.25) is 0 Å². The van der Waals surface area contributed by atoms with Gasteiger partial charge in [-0.15, -0.1) is 0 Å². The highest BCUT2D eigenvalue weighted by Gasteiger charge is 2.08. The molecule has 5 nitrogen and oxygen atoms in total. The summed E-state index contributed by atoms with van der Waals surface area (Å²) in [5.41, 5.74) is 1.03. The van der Waals surface area contributed by atoms with Crippen molar-refractivity contribution < 1.29 is 14.3 Å². The average molecular weight is 266 g/mol. The molecule has 0 saturated carbocycles. The second kappa shape index (κ2) is 8.37. The molecule has 0 aliphatic rings. The van der Waals surface area contributed by atoms with Gasteiger partial charge in [-0.05, 0) is 31.5 Å². The lowest BCUT2D eigenvalue weighted by Gasteiger charge is -2.15. The molecule has 1 unspecified atom stereocenters. The number of urea groups is 1. The molecule has 1 rings (SSSR count).